The van der Waals surface area contributed by atoms with E-state index in [-0.39, 0.29) is 13.2 Å². The highest BCUT2D eigenvalue weighted by atomic mass is 16.6. The molecule has 0 unspecified atom stereocenters. The summed E-state index contributed by atoms with van der Waals surface area (Å²) in [7, 11) is 0. The lowest BCUT2D eigenvalue weighted by Crippen LogP contribution is -2.13. The lowest BCUT2D eigenvalue weighted by atomic mass is 10.1. The number of carbonyl (C=O) groups is 1. The first-order valence-electron chi connectivity index (χ1n) is 9.01. The molecule has 0 aliphatic rings. The maximum atomic E-state index is 12.7. The van der Waals surface area contributed by atoms with Crippen molar-refractivity contribution >= 4 is 16.9 Å². The van der Waals surface area contributed by atoms with Crippen molar-refractivity contribution in [3.63, 3.8) is 0 Å². The molecule has 0 spiro atoms. The van der Waals surface area contributed by atoms with Gasteiger partial charge in [0.2, 0.25) is 0 Å². The number of carbonyl (C=O) groups excluding carboxylic acids is 1. The van der Waals surface area contributed by atoms with Crippen LogP contribution in [-0.4, -0.2) is 24.2 Å². The number of aryl methyl sites for hydroxylation is 1. The van der Waals surface area contributed by atoms with Crippen molar-refractivity contribution < 1.29 is 18.7 Å². The van der Waals surface area contributed by atoms with Gasteiger partial charge in [0.1, 0.15) is 24.7 Å². The molecule has 0 aliphatic heterocycles. The average Bonchev–Trinajstić information content (AvgIpc) is 3.25. The van der Waals surface area contributed by atoms with Crippen molar-refractivity contribution in [2.75, 3.05) is 13.2 Å². The van der Waals surface area contributed by atoms with E-state index >= 15 is 0 Å². The molecule has 0 N–H and O–H groups in total. The summed E-state index contributed by atoms with van der Waals surface area (Å²) in [5.41, 5.74) is 2.86. The molecule has 2 heterocycles. The second kappa shape index (κ2) is 7.96. The van der Waals surface area contributed by atoms with E-state index in [2.05, 4.69) is 4.98 Å². The van der Waals surface area contributed by atoms with E-state index in [1.54, 1.807) is 18.4 Å². The zero-order chi connectivity index (χ0) is 19.3. The van der Waals surface area contributed by atoms with Crippen molar-refractivity contribution in [1.82, 2.24) is 4.98 Å². The number of hydrogen-bond donors (Lipinski definition) is 0. The zero-order valence-electron chi connectivity index (χ0n) is 15.4. The van der Waals surface area contributed by atoms with Crippen LogP contribution in [0.15, 0.2) is 77.4 Å². The highest BCUT2D eigenvalue weighted by Gasteiger charge is 2.16. The van der Waals surface area contributed by atoms with Crippen molar-refractivity contribution in [2.45, 2.75) is 6.92 Å². The first kappa shape index (κ1) is 17.8. The van der Waals surface area contributed by atoms with Crippen LogP contribution in [0.2, 0.25) is 0 Å². The highest BCUT2D eigenvalue weighted by Crippen LogP contribution is 2.25. The van der Waals surface area contributed by atoms with E-state index in [9.17, 15) is 4.79 Å². The van der Waals surface area contributed by atoms with Gasteiger partial charge in [-0.05, 0) is 48.9 Å². The van der Waals surface area contributed by atoms with E-state index < -0.39 is 5.97 Å². The fourth-order valence-electron chi connectivity index (χ4n) is 2.97. The molecule has 5 heteroatoms. The van der Waals surface area contributed by atoms with E-state index in [0.29, 0.717) is 22.5 Å². The van der Waals surface area contributed by atoms with Crippen LogP contribution in [-0.2, 0) is 4.74 Å². The van der Waals surface area contributed by atoms with Crippen LogP contribution >= 0.6 is 0 Å². The van der Waals surface area contributed by atoms with Gasteiger partial charge in [-0.25, -0.2) is 9.78 Å². The molecule has 0 aliphatic carbocycles. The SMILES string of the molecule is Cc1cccc(OCCOC(=O)c2cc(-c3ccco3)nc3ccccc23)c1. The van der Waals surface area contributed by atoms with Gasteiger partial charge in [0.25, 0.3) is 0 Å². The minimum atomic E-state index is -0.417. The summed E-state index contributed by atoms with van der Waals surface area (Å²) in [4.78, 5) is 17.3. The molecule has 28 heavy (non-hydrogen) atoms. The topological polar surface area (TPSA) is 61.6 Å². The van der Waals surface area contributed by atoms with Crippen molar-refractivity contribution in [3.05, 3.63) is 84.1 Å². The Morgan fingerprint density at radius 1 is 1.00 bits per heavy atom. The number of aromatic nitrogens is 1. The number of ether oxygens (including phenoxy) is 2. The first-order chi connectivity index (χ1) is 13.7. The largest absolute Gasteiger partial charge is 0.490 e. The third-order valence-corrected chi connectivity index (χ3v) is 4.28. The Kier molecular flexibility index (Phi) is 5.06. The van der Waals surface area contributed by atoms with E-state index in [1.165, 1.54) is 0 Å². The van der Waals surface area contributed by atoms with Crippen molar-refractivity contribution in [2.24, 2.45) is 0 Å². The molecule has 0 saturated carbocycles. The molecular weight excluding hydrogens is 354 g/mol. The summed E-state index contributed by atoms with van der Waals surface area (Å²) in [5, 5.41) is 0.738. The van der Waals surface area contributed by atoms with Crippen molar-refractivity contribution in [3.8, 4) is 17.2 Å². The van der Waals surface area contributed by atoms with Crippen LogP contribution < -0.4 is 4.74 Å². The number of rotatable bonds is 6. The third kappa shape index (κ3) is 3.88. The van der Waals surface area contributed by atoms with Gasteiger partial charge in [-0.2, -0.15) is 0 Å². The minimum absolute atomic E-state index is 0.152. The first-order valence-corrected chi connectivity index (χ1v) is 9.01. The number of pyridine rings is 1. The van der Waals surface area contributed by atoms with Gasteiger partial charge in [0.15, 0.2) is 5.76 Å². The van der Waals surface area contributed by atoms with Crippen LogP contribution in [0, 0.1) is 6.92 Å². The molecule has 5 nitrogen and oxygen atoms in total. The number of fused-ring (bicyclic) bond motifs is 1. The predicted octanol–water partition coefficient (Wildman–Crippen LogP) is 5.04. The number of esters is 1. The number of nitrogens with zero attached hydrogens (tertiary/aromatic N) is 1. The Balaban J connectivity index is 1.50. The monoisotopic (exact) mass is 373 g/mol. The quantitative estimate of drug-likeness (QED) is 0.350. The van der Waals surface area contributed by atoms with E-state index in [1.807, 2.05) is 61.5 Å². The Morgan fingerprint density at radius 2 is 1.89 bits per heavy atom. The molecule has 0 bridgehead atoms. The summed E-state index contributed by atoms with van der Waals surface area (Å²) < 4.78 is 16.5. The Hall–Kier alpha value is -3.60. The fourth-order valence-corrected chi connectivity index (χ4v) is 2.97. The molecule has 2 aromatic carbocycles. The Labute approximate surface area is 162 Å². The molecule has 4 aromatic rings. The molecule has 4 rings (SSSR count). The number of para-hydroxylation sites is 1. The predicted molar refractivity (Wildman–Crippen MR) is 106 cm³/mol. The summed E-state index contributed by atoms with van der Waals surface area (Å²) in [5.74, 6) is 0.937. The molecule has 0 saturated heterocycles. The normalized spacial score (nSPS) is 10.8. The maximum Gasteiger partial charge on any atom is 0.339 e. The van der Waals surface area contributed by atoms with Crippen molar-refractivity contribution in [1.29, 1.82) is 0 Å². The maximum absolute atomic E-state index is 12.7. The smallest absolute Gasteiger partial charge is 0.339 e. The average molecular weight is 373 g/mol. The van der Waals surface area contributed by atoms with Gasteiger partial charge in [-0.3, -0.25) is 0 Å². The summed E-state index contributed by atoms with van der Waals surface area (Å²) >= 11 is 0. The highest BCUT2D eigenvalue weighted by molar-refractivity contribution is 6.04. The fraction of sp³-hybridized carbons (Fsp3) is 0.130. The number of furan rings is 1. The van der Waals surface area contributed by atoms with Gasteiger partial charge < -0.3 is 13.9 Å². The van der Waals surface area contributed by atoms with Crippen LogP contribution in [0.3, 0.4) is 0 Å². The molecule has 0 radical (unpaired) electrons. The minimum Gasteiger partial charge on any atom is -0.490 e. The van der Waals surface area contributed by atoms with Gasteiger partial charge in [0.05, 0.1) is 17.3 Å². The van der Waals surface area contributed by atoms with Gasteiger partial charge >= 0.3 is 5.97 Å². The van der Waals surface area contributed by atoms with Crippen LogP contribution in [0.1, 0.15) is 15.9 Å². The summed E-state index contributed by atoms with van der Waals surface area (Å²) in [6.07, 6.45) is 1.58. The second-order valence-electron chi connectivity index (χ2n) is 6.35. The standard InChI is InChI=1S/C23H19NO4/c1-16-6-4-7-17(14-16)26-12-13-28-23(25)19-15-21(22-10-5-11-27-22)24-20-9-3-2-8-18(19)20/h2-11,14-15H,12-13H2,1H3. The molecular formula is C23H19NO4. The summed E-state index contributed by atoms with van der Waals surface area (Å²) in [6.45, 7) is 2.43. The number of hydrogen-bond acceptors (Lipinski definition) is 5. The van der Waals surface area contributed by atoms with Gasteiger partial charge in [-0.15, -0.1) is 0 Å². The lowest BCUT2D eigenvalue weighted by Gasteiger charge is -2.10. The van der Waals surface area contributed by atoms with Crippen LogP contribution in [0.4, 0.5) is 0 Å². The third-order valence-electron chi connectivity index (χ3n) is 4.28. The van der Waals surface area contributed by atoms with E-state index in [0.717, 1.165) is 16.7 Å². The van der Waals surface area contributed by atoms with Gasteiger partial charge in [0, 0.05) is 5.39 Å². The van der Waals surface area contributed by atoms with E-state index in [4.69, 9.17) is 13.9 Å². The molecule has 0 amide bonds. The summed E-state index contributed by atoms with van der Waals surface area (Å²) in [6, 6.07) is 20.5. The second-order valence-corrected chi connectivity index (χ2v) is 6.35. The molecule has 0 atom stereocenters. The Bertz CT molecular complexity index is 1100. The lowest BCUT2D eigenvalue weighted by molar-refractivity contribution is 0.0452. The Morgan fingerprint density at radius 3 is 2.71 bits per heavy atom. The number of benzene rings is 2. The van der Waals surface area contributed by atoms with Gasteiger partial charge in [-0.1, -0.05) is 30.3 Å². The molecule has 0 fully saturated rings. The molecule has 2 aromatic heterocycles. The van der Waals surface area contributed by atoms with Crippen LogP contribution in [0.5, 0.6) is 5.75 Å². The van der Waals surface area contributed by atoms with Crippen LogP contribution in [0.25, 0.3) is 22.4 Å². The zero-order valence-corrected chi connectivity index (χ0v) is 15.4. The molecule has 140 valence electrons.